The number of primary amides is 1. The summed E-state index contributed by atoms with van der Waals surface area (Å²) in [6.45, 7) is 1.51. The Morgan fingerprint density at radius 2 is 1.80 bits per heavy atom. The lowest BCUT2D eigenvalue weighted by atomic mass is 9.50. The zero-order valence-electron chi connectivity index (χ0n) is 22.1. The molecule has 1 heterocycles. The van der Waals surface area contributed by atoms with Crippen molar-refractivity contribution in [1.29, 1.82) is 0 Å². The highest BCUT2D eigenvalue weighted by Crippen LogP contribution is 2.59. The zero-order chi connectivity index (χ0) is 28.9. The number of fused-ring (bicyclic) bond motifs is 4. The Bertz CT molecular complexity index is 1700. The van der Waals surface area contributed by atoms with Gasteiger partial charge in [-0.2, -0.15) is 0 Å². The molecule has 10 heteroatoms. The van der Waals surface area contributed by atoms with Gasteiger partial charge in [-0.25, -0.2) is 0 Å². The molecule has 1 aromatic heterocycles. The van der Waals surface area contributed by atoms with Gasteiger partial charge in [0.1, 0.15) is 34.2 Å². The second kappa shape index (κ2) is 8.30. The monoisotopic (exact) mass is 544 g/mol. The van der Waals surface area contributed by atoms with E-state index in [2.05, 4.69) is 0 Å². The number of amides is 1. The number of carbonyl (C=O) groups is 3. The average Bonchev–Trinajstić information content (AvgIpc) is 3.30. The maximum atomic E-state index is 14.1. The molecule has 40 heavy (non-hydrogen) atoms. The van der Waals surface area contributed by atoms with Gasteiger partial charge in [-0.1, -0.05) is 25.1 Å². The molecular formula is C30H28N2O8. The Labute approximate surface area is 228 Å². The maximum absolute atomic E-state index is 14.1. The van der Waals surface area contributed by atoms with Gasteiger partial charge in [-0.15, -0.1) is 0 Å². The van der Waals surface area contributed by atoms with E-state index < -0.39 is 57.5 Å². The molecule has 3 aliphatic rings. The molecule has 3 aliphatic carbocycles. The SMILES string of the molecule is CN(C)[C@@H]1C(=O)C(C(N)=O)=C(O)[C@@]2(O)C(=O)C3=C(O)c4c(O)ccc(-c5cc6ccccc6o5)c4C[C@H]3C[C@@]12C. The third-order valence-electron chi connectivity index (χ3n) is 8.84. The van der Waals surface area contributed by atoms with Gasteiger partial charge in [0, 0.05) is 21.9 Å². The third-order valence-corrected chi connectivity index (χ3v) is 8.84. The highest BCUT2D eigenvalue weighted by Gasteiger charge is 2.70. The first-order valence-corrected chi connectivity index (χ1v) is 12.8. The lowest BCUT2D eigenvalue weighted by molar-refractivity contribution is -0.171. The number of ketones is 2. The second-order valence-corrected chi connectivity index (χ2v) is 11.3. The molecule has 0 bridgehead atoms. The molecule has 206 valence electrons. The Hall–Kier alpha value is -4.41. The standard InChI is InChI=1S/C30H28N2O8/c1-29-12-14-10-16-15(19-11-13-6-4-5-7-18(13)40-19)8-9-17(33)21(16)23(34)20(14)26(36)30(29,39)27(37)22(28(31)38)24(35)25(29)32(2)3/h4-9,11,14,25,33-34,37,39H,10,12H2,1-3H3,(H2,31,38)/t14-,25+,29-,30-/m0/s1. The van der Waals surface area contributed by atoms with E-state index in [4.69, 9.17) is 10.2 Å². The van der Waals surface area contributed by atoms with Crippen molar-refractivity contribution in [3.05, 3.63) is 70.5 Å². The van der Waals surface area contributed by atoms with Crippen molar-refractivity contribution in [2.45, 2.75) is 31.4 Å². The predicted molar refractivity (Wildman–Crippen MR) is 144 cm³/mol. The minimum absolute atomic E-state index is 0.0133. The molecule has 0 unspecified atom stereocenters. The van der Waals surface area contributed by atoms with E-state index in [9.17, 15) is 34.8 Å². The number of aliphatic hydroxyl groups is 3. The fourth-order valence-electron chi connectivity index (χ4n) is 7.17. The first-order chi connectivity index (χ1) is 18.8. The normalized spacial score (nSPS) is 28.1. The van der Waals surface area contributed by atoms with Crippen molar-refractivity contribution in [1.82, 2.24) is 4.90 Å². The molecule has 3 aromatic rings. The van der Waals surface area contributed by atoms with E-state index in [0.29, 0.717) is 22.5 Å². The van der Waals surface area contributed by atoms with E-state index >= 15 is 0 Å². The number of hydrogen-bond donors (Lipinski definition) is 5. The zero-order valence-corrected chi connectivity index (χ0v) is 22.1. The summed E-state index contributed by atoms with van der Waals surface area (Å²) >= 11 is 0. The molecule has 6 rings (SSSR count). The predicted octanol–water partition coefficient (Wildman–Crippen LogP) is 2.77. The molecule has 1 saturated carbocycles. The topological polar surface area (TPSA) is 175 Å². The number of nitrogens with two attached hydrogens (primary N) is 1. The summed E-state index contributed by atoms with van der Waals surface area (Å²) in [6, 6.07) is 11.2. The maximum Gasteiger partial charge on any atom is 0.255 e. The van der Waals surface area contributed by atoms with Crippen molar-refractivity contribution in [2.75, 3.05) is 14.1 Å². The number of phenols is 1. The first kappa shape index (κ1) is 25.8. The number of nitrogens with zero attached hydrogens (tertiary/aromatic N) is 1. The molecule has 0 spiro atoms. The Kier molecular flexibility index (Phi) is 5.36. The molecule has 4 atom stereocenters. The van der Waals surface area contributed by atoms with Crippen molar-refractivity contribution >= 4 is 34.2 Å². The Balaban J connectivity index is 1.59. The minimum Gasteiger partial charge on any atom is -0.508 e. The van der Waals surface area contributed by atoms with Gasteiger partial charge in [0.15, 0.2) is 11.4 Å². The minimum atomic E-state index is -2.73. The highest BCUT2D eigenvalue weighted by molar-refractivity contribution is 6.25. The van der Waals surface area contributed by atoms with Crippen molar-refractivity contribution in [3.63, 3.8) is 0 Å². The number of likely N-dealkylation sites (N-methyl/N-ethyl adjacent to an activating group) is 1. The smallest absolute Gasteiger partial charge is 0.255 e. The van der Waals surface area contributed by atoms with Gasteiger partial charge in [-0.05, 0) is 62.7 Å². The fourth-order valence-corrected chi connectivity index (χ4v) is 7.17. The molecule has 2 aromatic carbocycles. The number of furan rings is 1. The summed E-state index contributed by atoms with van der Waals surface area (Å²) in [4.78, 5) is 41.2. The number of hydrogen-bond acceptors (Lipinski definition) is 9. The van der Waals surface area contributed by atoms with Gasteiger partial charge in [-0.3, -0.25) is 19.3 Å². The van der Waals surface area contributed by atoms with Crippen LogP contribution in [0.5, 0.6) is 5.75 Å². The van der Waals surface area contributed by atoms with Crippen LogP contribution in [0.1, 0.15) is 24.5 Å². The molecule has 1 fully saturated rings. The molecule has 1 amide bonds. The van der Waals surface area contributed by atoms with Crippen LogP contribution in [-0.2, 0) is 20.8 Å². The van der Waals surface area contributed by atoms with Crippen molar-refractivity contribution in [3.8, 4) is 17.1 Å². The Morgan fingerprint density at radius 3 is 2.45 bits per heavy atom. The number of aliphatic hydroxyl groups excluding tert-OH is 2. The quantitative estimate of drug-likeness (QED) is 0.311. The molecule has 0 radical (unpaired) electrons. The van der Waals surface area contributed by atoms with Crippen LogP contribution in [0.3, 0.4) is 0 Å². The number of phenolic OH excluding ortho intramolecular Hbond substituents is 1. The highest BCUT2D eigenvalue weighted by atomic mass is 16.4. The summed E-state index contributed by atoms with van der Waals surface area (Å²) in [5.41, 5.74) is 1.83. The van der Waals surface area contributed by atoms with Gasteiger partial charge in [0.05, 0.1) is 11.6 Å². The number of para-hydroxylation sites is 1. The fraction of sp³-hybridized carbons (Fsp3) is 0.300. The number of carbonyl (C=O) groups excluding carboxylic acids is 3. The molecule has 0 saturated heterocycles. The van der Waals surface area contributed by atoms with E-state index in [1.807, 2.05) is 30.3 Å². The third kappa shape index (κ3) is 3.08. The van der Waals surface area contributed by atoms with E-state index in [1.165, 1.54) is 17.9 Å². The van der Waals surface area contributed by atoms with Crippen LogP contribution in [-0.4, -0.2) is 68.5 Å². The molecule has 0 aliphatic heterocycles. The van der Waals surface area contributed by atoms with Crippen LogP contribution in [0.2, 0.25) is 0 Å². The summed E-state index contributed by atoms with van der Waals surface area (Å²) in [7, 11) is 3.13. The Morgan fingerprint density at radius 1 is 1.10 bits per heavy atom. The average molecular weight is 545 g/mol. The molecule has 6 N–H and O–H groups in total. The van der Waals surface area contributed by atoms with Crippen molar-refractivity contribution in [2.24, 2.45) is 17.1 Å². The summed E-state index contributed by atoms with van der Waals surface area (Å²) in [6.07, 6.45) is 0.141. The van der Waals surface area contributed by atoms with Crippen LogP contribution in [0.25, 0.3) is 28.1 Å². The number of Topliss-reactive ketones (excluding diaryl/α,β-unsaturated/α-hetero) is 2. The molecular weight excluding hydrogens is 516 g/mol. The van der Waals surface area contributed by atoms with Gasteiger partial charge in [0.2, 0.25) is 5.78 Å². The first-order valence-electron chi connectivity index (χ1n) is 12.8. The lowest BCUT2D eigenvalue weighted by Gasteiger charge is -2.57. The summed E-state index contributed by atoms with van der Waals surface area (Å²) < 4.78 is 6.06. The van der Waals surface area contributed by atoms with E-state index in [-0.39, 0.29) is 29.7 Å². The van der Waals surface area contributed by atoms with Crippen LogP contribution >= 0.6 is 0 Å². The van der Waals surface area contributed by atoms with Crippen LogP contribution < -0.4 is 5.73 Å². The second-order valence-electron chi connectivity index (χ2n) is 11.3. The number of benzene rings is 2. The number of aromatic hydroxyl groups is 1. The number of rotatable bonds is 3. The lowest BCUT2D eigenvalue weighted by Crippen LogP contribution is -2.71. The van der Waals surface area contributed by atoms with Crippen LogP contribution in [0.15, 0.2) is 63.8 Å². The van der Waals surface area contributed by atoms with Crippen LogP contribution in [0, 0.1) is 11.3 Å². The largest absolute Gasteiger partial charge is 0.508 e. The van der Waals surface area contributed by atoms with Crippen LogP contribution in [0.4, 0.5) is 0 Å². The molecule has 10 nitrogen and oxygen atoms in total. The summed E-state index contributed by atoms with van der Waals surface area (Å²) in [5, 5.41) is 46.2. The van der Waals surface area contributed by atoms with E-state index in [1.54, 1.807) is 20.2 Å². The van der Waals surface area contributed by atoms with Gasteiger partial charge in [0.25, 0.3) is 5.91 Å². The van der Waals surface area contributed by atoms with Gasteiger partial charge < -0.3 is 30.6 Å². The summed E-state index contributed by atoms with van der Waals surface area (Å²) in [5.74, 6) is -5.29. The van der Waals surface area contributed by atoms with Gasteiger partial charge >= 0.3 is 0 Å². The van der Waals surface area contributed by atoms with Crippen molar-refractivity contribution < 1.29 is 39.2 Å². The van der Waals surface area contributed by atoms with E-state index in [0.717, 1.165) is 5.39 Å².